The van der Waals surface area contributed by atoms with Gasteiger partial charge in [-0.2, -0.15) is 0 Å². The average molecular weight is 1580 g/mol. The Kier molecular flexibility index (Phi) is 21.0. The molecule has 0 radical (unpaired) electrons. The maximum absolute atomic E-state index is 13.2. The smallest absolute Gasteiger partial charge is 0.435 e. The summed E-state index contributed by atoms with van der Waals surface area (Å²) in [5.74, 6) is -2.57. The number of fused-ring (bicyclic) bond motifs is 6. The van der Waals surface area contributed by atoms with Gasteiger partial charge in [-0.1, -0.05) is 178 Å². The van der Waals surface area contributed by atoms with Crippen molar-refractivity contribution in [1.29, 1.82) is 0 Å². The zero-order chi connectivity index (χ0) is 63.7. The number of nitrogens with zero attached hydrogens (tertiary/aromatic N) is 6. The van der Waals surface area contributed by atoms with Gasteiger partial charge in [0, 0.05) is 35.7 Å². The number of aromatic nitrogens is 6. The maximum Gasteiger partial charge on any atom is 2.00 e. The fourth-order valence-corrected chi connectivity index (χ4v) is 12.7. The Bertz CT molecular complexity index is 4630. The Labute approximate surface area is 564 Å². The van der Waals surface area contributed by atoms with E-state index in [0.29, 0.717) is 11.4 Å². The largest absolute Gasteiger partial charge is 2.00 e. The molecule has 0 saturated carbocycles. The summed E-state index contributed by atoms with van der Waals surface area (Å²) in [6, 6.07) is 58.8. The zero-order valence-electron chi connectivity index (χ0n) is 53.1. The second kappa shape index (κ2) is 28.7. The SMILES string of the molecule is Cc1cc(C)c(-c2ccc3[n-]c4nc(-c5c(C)cc(C)cc5C)ccc4c3c2)c(C)c1.Cc1cc(C)c(-c2ccc3[n-]c4nc(-c5c(C)cc(C)cc5C)ccc4c3c2)c(C)c1.Fc1c[c-]c(-c2ccccn2)c(F)c1.Fc1c[c-]c(-c2ccccn2)c(F)c1.[Pt+2].[Pt+2]. The van der Waals surface area contributed by atoms with Crippen LogP contribution in [0.15, 0.2) is 182 Å². The monoisotopic (exact) mass is 1580 g/mol. The summed E-state index contributed by atoms with van der Waals surface area (Å²) in [6.07, 6.45) is 3.10. The topological polar surface area (TPSA) is 79.8 Å². The van der Waals surface area contributed by atoms with Gasteiger partial charge in [0.1, 0.15) is 0 Å². The van der Waals surface area contributed by atoms with Gasteiger partial charge < -0.3 is 29.9 Å². The van der Waals surface area contributed by atoms with E-state index in [1.54, 1.807) is 48.8 Å². The van der Waals surface area contributed by atoms with Crippen LogP contribution in [0.5, 0.6) is 0 Å². The Morgan fingerprint density at radius 1 is 0.326 bits per heavy atom. The van der Waals surface area contributed by atoms with Crippen molar-refractivity contribution in [3.05, 3.63) is 284 Å². The Hall–Kier alpha value is -8.94. The first kappa shape index (κ1) is 67.4. The minimum atomic E-state index is -0.649. The zero-order valence-corrected chi connectivity index (χ0v) is 57.7. The third kappa shape index (κ3) is 14.5. The van der Waals surface area contributed by atoms with Crippen LogP contribution in [0.3, 0.4) is 0 Å². The third-order valence-corrected chi connectivity index (χ3v) is 16.1. The molecular weight excluding hydrogens is 1510 g/mol. The molecule has 0 saturated heterocycles. The molecule has 14 aromatic rings. The molecule has 8 aromatic carbocycles. The second-order valence-corrected chi connectivity index (χ2v) is 23.4. The van der Waals surface area contributed by atoms with Crippen molar-refractivity contribution < 1.29 is 59.7 Å². The third-order valence-electron chi connectivity index (χ3n) is 16.1. The van der Waals surface area contributed by atoms with Crippen molar-refractivity contribution in [2.45, 2.75) is 83.1 Å². The molecule has 6 heterocycles. The van der Waals surface area contributed by atoms with Gasteiger partial charge in [0.15, 0.2) is 0 Å². The molecule has 6 aromatic heterocycles. The van der Waals surface area contributed by atoms with Crippen molar-refractivity contribution >= 4 is 43.9 Å². The summed E-state index contributed by atoms with van der Waals surface area (Å²) in [6.45, 7) is 26.0. The fraction of sp³-hybridized carbons (Fsp3) is 0.150. The van der Waals surface area contributed by atoms with E-state index >= 15 is 0 Å². The van der Waals surface area contributed by atoms with Gasteiger partial charge in [-0.25, -0.2) is 0 Å². The predicted molar refractivity (Wildman–Crippen MR) is 361 cm³/mol. The van der Waals surface area contributed by atoms with Crippen molar-refractivity contribution in [3.63, 3.8) is 0 Å². The minimum Gasteiger partial charge on any atom is -0.435 e. The Morgan fingerprint density at radius 3 is 0.957 bits per heavy atom. The summed E-state index contributed by atoms with van der Waals surface area (Å²) >= 11 is 0. The van der Waals surface area contributed by atoms with Gasteiger partial charge >= 0.3 is 42.1 Å². The average Bonchev–Trinajstić information content (AvgIpc) is 1.59. The van der Waals surface area contributed by atoms with E-state index in [0.717, 1.165) is 68.8 Å². The van der Waals surface area contributed by atoms with Crippen LogP contribution < -0.4 is 9.97 Å². The van der Waals surface area contributed by atoms with E-state index in [4.69, 9.17) is 19.9 Å². The van der Waals surface area contributed by atoms with E-state index < -0.39 is 23.3 Å². The van der Waals surface area contributed by atoms with E-state index in [1.807, 2.05) is 0 Å². The van der Waals surface area contributed by atoms with Crippen LogP contribution in [0.1, 0.15) is 66.8 Å². The minimum absolute atomic E-state index is 0. The maximum atomic E-state index is 13.2. The summed E-state index contributed by atoms with van der Waals surface area (Å²) in [5, 5.41) is 4.57. The van der Waals surface area contributed by atoms with Gasteiger partial charge in [-0.05, 0) is 241 Å². The molecule has 6 nitrogen and oxygen atoms in total. The molecule has 0 aliphatic carbocycles. The van der Waals surface area contributed by atoms with Crippen LogP contribution in [0.2, 0.25) is 0 Å². The quantitative estimate of drug-likeness (QED) is 0.122. The van der Waals surface area contributed by atoms with Crippen molar-refractivity contribution in [2.75, 3.05) is 0 Å². The van der Waals surface area contributed by atoms with Crippen LogP contribution >= 0.6 is 0 Å². The normalized spacial score (nSPS) is 10.9. The van der Waals surface area contributed by atoms with Crippen LogP contribution in [0.4, 0.5) is 17.6 Å². The first-order chi connectivity index (χ1) is 43.2. The van der Waals surface area contributed by atoms with E-state index in [1.165, 1.54) is 111 Å². The number of aryl methyl sites for hydroxylation is 12. The first-order valence-electron chi connectivity index (χ1n) is 29.8. The van der Waals surface area contributed by atoms with Crippen molar-refractivity contribution in [2.24, 2.45) is 0 Å². The molecular formula is C80H66F4N6Pt2. The molecule has 12 heteroatoms. The number of halogens is 4. The molecule has 0 fully saturated rings. The molecule has 464 valence electrons. The number of hydrogen-bond acceptors (Lipinski definition) is 4. The molecule has 0 N–H and O–H groups in total. The van der Waals surface area contributed by atoms with Gasteiger partial charge in [0.05, 0.1) is 0 Å². The van der Waals surface area contributed by atoms with Gasteiger partial charge in [0.2, 0.25) is 0 Å². The molecule has 0 bridgehead atoms. The van der Waals surface area contributed by atoms with Crippen LogP contribution in [0, 0.1) is 118 Å². The number of benzene rings is 8. The molecule has 92 heavy (non-hydrogen) atoms. The summed E-state index contributed by atoms with van der Waals surface area (Å²) in [4.78, 5) is 27.6. The molecule has 14 rings (SSSR count). The molecule has 0 aliphatic heterocycles. The Balaban J connectivity index is 0.000000153. The second-order valence-electron chi connectivity index (χ2n) is 23.4. The number of rotatable bonds is 6. The van der Waals surface area contributed by atoms with Crippen LogP contribution in [-0.4, -0.2) is 19.9 Å². The van der Waals surface area contributed by atoms with Crippen LogP contribution in [-0.2, 0) is 42.1 Å². The Morgan fingerprint density at radius 2 is 0.652 bits per heavy atom. The van der Waals surface area contributed by atoms with Crippen LogP contribution in [0.25, 0.3) is 111 Å². The summed E-state index contributed by atoms with van der Waals surface area (Å²) in [7, 11) is 0. The molecule has 0 aliphatic rings. The predicted octanol–water partition coefficient (Wildman–Crippen LogP) is 20.7. The standard InChI is InChI=1S/2C29H27N2.2C11H6F2N.2Pt/c2*1-16-11-18(3)27(19(4)12-16)22-7-9-25-24(15-22)23-8-10-26(31-29(23)30-25)28-20(5)13-17(2)14-21(28)6;2*12-8-4-5-9(10(13)7-8)11-3-1-2-6-14-11;;/h2*7-15H,1-6H3;2*1-4,6-7H;;/q4*-1;2*+2. The van der Waals surface area contributed by atoms with E-state index in [2.05, 4.69) is 214 Å². The van der Waals surface area contributed by atoms with Gasteiger partial charge in [-0.15, -0.1) is 24.3 Å². The first-order valence-corrected chi connectivity index (χ1v) is 29.8. The molecule has 0 unspecified atom stereocenters. The van der Waals surface area contributed by atoms with Gasteiger partial charge in [-0.3, -0.25) is 17.6 Å². The molecule has 0 amide bonds. The van der Waals surface area contributed by atoms with Gasteiger partial charge in [0.25, 0.3) is 0 Å². The van der Waals surface area contributed by atoms with Crippen molar-refractivity contribution in [1.82, 2.24) is 29.9 Å². The fourth-order valence-electron chi connectivity index (χ4n) is 12.7. The van der Waals surface area contributed by atoms with E-state index in [9.17, 15) is 17.6 Å². The number of hydrogen-bond donors (Lipinski definition) is 0. The molecule has 0 atom stereocenters. The van der Waals surface area contributed by atoms with E-state index in [-0.39, 0.29) is 53.3 Å². The van der Waals surface area contributed by atoms with Crippen molar-refractivity contribution in [3.8, 4) is 67.3 Å². The molecule has 0 spiro atoms. The summed E-state index contributed by atoms with van der Waals surface area (Å²) in [5.41, 5.74) is 29.9. The number of pyridine rings is 4. The summed E-state index contributed by atoms with van der Waals surface area (Å²) < 4.78 is 51.6.